The summed E-state index contributed by atoms with van der Waals surface area (Å²) in [4.78, 5) is 12.2. The van der Waals surface area contributed by atoms with Crippen LogP contribution in [0.15, 0.2) is 29.2 Å². The van der Waals surface area contributed by atoms with Crippen LogP contribution < -0.4 is 0 Å². The van der Waals surface area contributed by atoms with Gasteiger partial charge in [0.1, 0.15) is 0 Å². The van der Waals surface area contributed by atoms with E-state index in [0.717, 1.165) is 29.7 Å². The van der Waals surface area contributed by atoms with Crippen molar-refractivity contribution in [1.29, 1.82) is 0 Å². The van der Waals surface area contributed by atoms with Crippen LogP contribution in [0.3, 0.4) is 0 Å². The normalized spacial score (nSPS) is 24.6. The summed E-state index contributed by atoms with van der Waals surface area (Å²) in [5, 5.41) is 10.0. The standard InChI is InChI=1S/C13H16O2S/c1-9(14)10-5-7-11(8-6-10)16-13-4-2-3-12(13)15/h5-8,12-13,15H,2-4H2,1H3. The lowest BCUT2D eigenvalue weighted by Gasteiger charge is -2.13. The van der Waals surface area contributed by atoms with Gasteiger partial charge in [-0.1, -0.05) is 12.1 Å². The first-order chi connectivity index (χ1) is 7.66. The molecule has 0 radical (unpaired) electrons. The van der Waals surface area contributed by atoms with Gasteiger partial charge in [-0.2, -0.15) is 0 Å². The second kappa shape index (κ2) is 5.02. The first kappa shape index (κ1) is 11.7. The first-order valence-electron chi connectivity index (χ1n) is 5.62. The second-order valence-electron chi connectivity index (χ2n) is 4.24. The lowest BCUT2D eigenvalue weighted by molar-refractivity contribution is 0.101. The molecule has 0 spiro atoms. The number of hydrogen-bond acceptors (Lipinski definition) is 3. The Morgan fingerprint density at radius 2 is 2.00 bits per heavy atom. The van der Waals surface area contributed by atoms with Gasteiger partial charge in [0.25, 0.3) is 0 Å². The molecule has 86 valence electrons. The van der Waals surface area contributed by atoms with Gasteiger partial charge in [0.05, 0.1) is 6.10 Å². The average molecular weight is 236 g/mol. The first-order valence-corrected chi connectivity index (χ1v) is 6.50. The van der Waals surface area contributed by atoms with Crippen molar-refractivity contribution < 1.29 is 9.90 Å². The van der Waals surface area contributed by atoms with E-state index in [1.165, 1.54) is 0 Å². The molecule has 1 aromatic rings. The molecule has 0 amide bonds. The van der Waals surface area contributed by atoms with Gasteiger partial charge in [-0.05, 0) is 38.3 Å². The highest BCUT2D eigenvalue weighted by Gasteiger charge is 2.25. The van der Waals surface area contributed by atoms with Gasteiger partial charge in [-0.15, -0.1) is 11.8 Å². The van der Waals surface area contributed by atoms with Crippen LogP contribution in [0.1, 0.15) is 36.5 Å². The zero-order valence-electron chi connectivity index (χ0n) is 9.35. The van der Waals surface area contributed by atoms with Crippen molar-refractivity contribution in [3.63, 3.8) is 0 Å². The Kier molecular flexibility index (Phi) is 3.66. The molecule has 16 heavy (non-hydrogen) atoms. The molecule has 0 aliphatic heterocycles. The van der Waals surface area contributed by atoms with Gasteiger partial charge in [0.2, 0.25) is 0 Å². The maximum Gasteiger partial charge on any atom is 0.159 e. The summed E-state index contributed by atoms with van der Waals surface area (Å²) in [7, 11) is 0. The van der Waals surface area contributed by atoms with E-state index in [1.54, 1.807) is 18.7 Å². The van der Waals surface area contributed by atoms with Crippen LogP contribution in [0.25, 0.3) is 0 Å². The Hall–Kier alpha value is -0.800. The van der Waals surface area contributed by atoms with Crippen molar-refractivity contribution in [2.75, 3.05) is 0 Å². The van der Waals surface area contributed by atoms with E-state index in [2.05, 4.69) is 0 Å². The highest BCUT2D eigenvalue weighted by Crippen LogP contribution is 2.34. The molecule has 1 N–H and O–H groups in total. The van der Waals surface area contributed by atoms with E-state index in [9.17, 15) is 9.90 Å². The number of Topliss-reactive ketones (excluding diaryl/α,β-unsaturated/α-hetero) is 1. The minimum atomic E-state index is -0.169. The number of aliphatic hydroxyl groups excluding tert-OH is 1. The Morgan fingerprint density at radius 3 is 2.50 bits per heavy atom. The second-order valence-corrected chi connectivity index (χ2v) is 5.55. The number of rotatable bonds is 3. The molecule has 0 heterocycles. The molecule has 2 atom stereocenters. The quantitative estimate of drug-likeness (QED) is 0.820. The molecule has 0 saturated heterocycles. The van der Waals surface area contributed by atoms with E-state index in [1.807, 2.05) is 24.3 Å². The van der Waals surface area contributed by atoms with Gasteiger partial charge >= 0.3 is 0 Å². The van der Waals surface area contributed by atoms with Crippen molar-refractivity contribution in [2.24, 2.45) is 0 Å². The van der Waals surface area contributed by atoms with Gasteiger partial charge in [-0.3, -0.25) is 4.79 Å². The van der Waals surface area contributed by atoms with Crippen LogP contribution in [-0.4, -0.2) is 22.2 Å². The molecule has 1 aliphatic rings. The molecule has 1 fully saturated rings. The maximum absolute atomic E-state index is 11.1. The third kappa shape index (κ3) is 2.66. The van der Waals surface area contributed by atoms with Crippen molar-refractivity contribution in [2.45, 2.75) is 42.4 Å². The molecule has 1 saturated carbocycles. The minimum absolute atomic E-state index is 0.0949. The van der Waals surface area contributed by atoms with Crippen LogP contribution in [0, 0.1) is 0 Å². The fourth-order valence-electron chi connectivity index (χ4n) is 1.99. The summed E-state index contributed by atoms with van der Waals surface area (Å²) in [5.41, 5.74) is 0.747. The van der Waals surface area contributed by atoms with Crippen molar-refractivity contribution >= 4 is 17.5 Å². The van der Waals surface area contributed by atoms with E-state index in [4.69, 9.17) is 0 Å². The third-order valence-electron chi connectivity index (χ3n) is 2.97. The molecule has 2 rings (SSSR count). The number of carbonyl (C=O) groups excluding carboxylic acids is 1. The summed E-state index contributed by atoms with van der Waals surface area (Å²) < 4.78 is 0. The van der Waals surface area contributed by atoms with Crippen LogP contribution in [0.2, 0.25) is 0 Å². The van der Waals surface area contributed by atoms with E-state index in [-0.39, 0.29) is 11.9 Å². The Labute approximate surface area is 100 Å². The maximum atomic E-state index is 11.1. The summed E-state index contributed by atoms with van der Waals surface area (Å²) in [6, 6.07) is 7.64. The van der Waals surface area contributed by atoms with Crippen molar-refractivity contribution in [3.8, 4) is 0 Å². The Balaban J connectivity index is 2.02. The number of hydrogen-bond donors (Lipinski definition) is 1. The van der Waals surface area contributed by atoms with E-state index in [0.29, 0.717) is 5.25 Å². The number of aliphatic hydroxyl groups is 1. The van der Waals surface area contributed by atoms with Gasteiger partial charge in [0.15, 0.2) is 5.78 Å². The third-order valence-corrected chi connectivity index (χ3v) is 4.36. The summed E-state index contributed by atoms with van der Waals surface area (Å²) >= 11 is 1.72. The van der Waals surface area contributed by atoms with Crippen LogP contribution in [0.4, 0.5) is 0 Å². The average Bonchev–Trinajstić information content (AvgIpc) is 2.65. The van der Waals surface area contributed by atoms with Crippen LogP contribution in [0.5, 0.6) is 0 Å². The van der Waals surface area contributed by atoms with Gasteiger partial charge in [-0.25, -0.2) is 0 Å². The summed E-state index contributed by atoms with van der Waals surface area (Å²) in [6.07, 6.45) is 2.95. The van der Waals surface area contributed by atoms with E-state index < -0.39 is 0 Å². The Bertz CT molecular complexity index is 372. The Morgan fingerprint density at radius 1 is 1.31 bits per heavy atom. The van der Waals surface area contributed by atoms with Crippen molar-refractivity contribution in [1.82, 2.24) is 0 Å². The fourth-order valence-corrected chi connectivity index (χ4v) is 3.21. The molecule has 2 unspecified atom stereocenters. The highest BCUT2D eigenvalue weighted by molar-refractivity contribution is 8.00. The molecule has 0 bridgehead atoms. The van der Waals surface area contributed by atoms with Gasteiger partial charge in [0, 0.05) is 15.7 Å². The summed E-state index contributed by atoms with van der Waals surface area (Å²) in [6.45, 7) is 1.57. The monoisotopic (exact) mass is 236 g/mol. The smallest absolute Gasteiger partial charge is 0.159 e. The molecule has 1 aliphatic carbocycles. The lowest BCUT2D eigenvalue weighted by Crippen LogP contribution is -2.14. The molecule has 1 aromatic carbocycles. The number of benzene rings is 1. The van der Waals surface area contributed by atoms with Crippen molar-refractivity contribution in [3.05, 3.63) is 29.8 Å². The van der Waals surface area contributed by atoms with Crippen LogP contribution >= 0.6 is 11.8 Å². The largest absolute Gasteiger partial charge is 0.392 e. The molecule has 3 heteroatoms. The number of carbonyl (C=O) groups is 1. The molecule has 2 nitrogen and oxygen atoms in total. The topological polar surface area (TPSA) is 37.3 Å². The number of ketones is 1. The zero-order valence-corrected chi connectivity index (χ0v) is 10.2. The van der Waals surface area contributed by atoms with Gasteiger partial charge < -0.3 is 5.11 Å². The predicted octanol–water partition coefficient (Wildman–Crippen LogP) is 2.89. The lowest BCUT2D eigenvalue weighted by atomic mass is 10.2. The van der Waals surface area contributed by atoms with E-state index >= 15 is 0 Å². The minimum Gasteiger partial charge on any atom is -0.392 e. The van der Waals surface area contributed by atoms with Crippen LogP contribution in [-0.2, 0) is 0 Å². The predicted molar refractivity (Wildman–Crippen MR) is 65.9 cm³/mol. The summed E-state index contributed by atoms with van der Waals surface area (Å²) in [5.74, 6) is 0.0949. The SMILES string of the molecule is CC(=O)c1ccc(SC2CCCC2O)cc1. The molecular weight excluding hydrogens is 220 g/mol. The highest BCUT2D eigenvalue weighted by atomic mass is 32.2. The fraction of sp³-hybridized carbons (Fsp3) is 0.462. The number of thioether (sulfide) groups is 1. The zero-order chi connectivity index (χ0) is 11.5. The molecular formula is C13H16O2S. The molecule has 0 aromatic heterocycles.